The zero-order valence-corrected chi connectivity index (χ0v) is 17.4. The Morgan fingerprint density at radius 1 is 1.17 bits per heavy atom. The molecule has 8 heteroatoms. The number of hydrogen-bond acceptors (Lipinski definition) is 4. The molecule has 3 rings (SSSR count). The topological polar surface area (TPSA) is 61.8 Å². The molecule has 30 heavy (non-hydrogen) atoms. The Bertz CT molecular complexity index is 821. The lowest BCUT2D eigenvalue weighted by atomic mass is 9.99. The van der Waals surface area contributed by atoms with Crippen molar-refractivity contribution >= 4 is 11.8 Å². The third kappa shape index (κ3) is 6.30. The molecule has 6 nitrogen and oxygen atoms in total. The van der Waals surface area contributed by atoms with Crippen LogP contribution in [0.5, 0.6) is 5.75 Å². The summed E-state index contributed by atoms with van der Waals surface area (Å²) < 4.78 is 29.7. The maximum Gasteiger partial charge on any atom is 0.387 e. The van der Waals surface area contributed by atoms with Gasteiger partial charge in [0, 0.05) is 45.0 Å². The van der Waals surface area contributed by atoms with E-state index < -0.39 is 6.61 Å². The van der Waals surface area contributed by atoms with E-state index in [1.54, 1.807) is 25.2 Å². The monoisotopic (exact) mass is 417 g/mol. The highest BCUT2D eigenvalue weighted by atomic mass is 19.3. The van der Waals surface area contributed by atoms with Crippen molar-refractivity contribution in [2.45, 2.75) is 39.5 Å². The Kier molecular flexibility index (Phi) is 7.82. The van der Waals surface area contributed by atoms with Gasteiger partial charge in [-0.1, -0.05) is 31.2 Å². The molecule has 162 valence electrons. The van der Waals surface area contributed by atoms with E-state index in [0.29, 0.717) is 24.6 Å². The van der Waals surface area contributed by atoms with E-state index >= 15 is 0 Å². The number of alkyl halides is 2. The molecule has 0 bridgehead atoms. The summed E-state index contributed by atoms with van der Waals surface area (Å²) in [5, 5.41) is 6.34. The Labute approximate surface area is 176 Å². The zero-order valence-electron chi connectivity index (χ0n) is 17.4. The first kappa shape index (κ1) is 21.8. The summed E-state index contributed by atoms with van der Waals surface area (Å²) >= 11 is 0. The number of ether oxygens (including phenoxy) is 1. The highest BCUT2D eigenvalue weighted by Crippen LogP contribution is 2.21. The molecule has 2 N–H and O–H groups in total. The van der Waals surface area contributed by atoms with Crippen molar-refractivity contribution in [3.8, 4) is 5.75 Å². The van der Waals surface area contributed by atoms with Crippen LogP contribution in [0.2, 0.25) is 0 Å². The van der Waals surface area contributed by atoms with Crippen molar-refractivity contribution in [2.24, 2.45) is 10.9 Å². The van der Waals surface area contributed by atoms with Gasteiger partial charge in [0.05, 0.1) is 0 Å². The van der Waals surface area contributed by atoms with Crippen molar-refractivity contribution in [3.63, 3.8) is 0 Å². The van der Waals surface area contributed by atoms with Crippen LogP contribution in [0.1, 0.15) is 30.9 Å². The van der Waals surface area contributed by atoms with E-state index in [9.17, 15) is 8.78 Å². The average molecular weight is 418 g/mol. The molecular weight excluding hydrogens is 388 g/mol. The molecular formula is C22H29F2N5O. The number of nitrogens with zero attached hydrogens (tertiary/aromatic N) is 3. The van der Waals surface area contributed by atoms with Gasteiger partial charge in [0.2, 0.25) is 0 Å². The van der Waals surface area contributed by atoms with Crippen LogP contribution >= 0.6 is 0 Å². The first-order valence-electron chi connectivity index (χ1n) is 10.2. The Morgan fingerprint density at radius 3 is 2.57 bits per heavy atom. The number of rotatable bonds is 7. The number of guanidine groups is 1. The van der Waals surface area contributed by atoms with Crippen molar-refractivity contribution in [2.75, 3.05) is 25.0 Å². The van der Waals surface area contributed by atoms with Gasteiger partial charge in [-0.25, -0.2) is 4.98 Å². The molecule has 0 amide bonds. The van der Waals surface area contributed by atoms with Gasteiger partial charge in [-0.3, -0.25) is 4.99 Å². The van der Waals surface area contributed by atoms with Crippen molar-refractivity contribution in [1.29, 1.82) is 0 Å². The number of nitrogens with one attached hydrogen (secondary N) is 2. The smallest absolute Gasteiger partial charge is 0.387 e. The zero-order chi connectivity index (χ0) is 21.3. The fraction of sp³-hybridized carbons (Fsp3) is 0.455. The predicted molar refractivity (Wildman–Crippen MR) is 115 cm³/mol. The third-order valence-corrected chi connectivity index (χ3v) is 5.24. The Balaban J connectivity index is 1.50. The fourth-order valence-electron chi connectivity index (χ4n) is 3.39. The minimum atomic E-state index is -2.85. The molecule has 0 spiro atoms. The fourth-order valence-corrected chi connectivity index (χ4v) is 3.39. The van der Waals surface area contributed by atoms with E-state index in [4.69, 9.17) is 0 Å². The Morgan fingerprint density at radius 2 is 1.90 bits per heavy atom. The number of hydrogen-bond donors (Lipinski definition) is 2. The second-order valence-corrected chi connectivity index (χ2v) is 7.46. The number of halogens is 2. The molecule has 1 aromatic heterocycles. The van der Waals surface area contributed by atoms with Gasteiger partial charge >= 0.3 is 6.61 Å². The van der Waals surface area contributed by atoms with Gasteiger partial charge in [-0.2, -0.15) is 8.78 Å². The minimum Gasteiger partial charge on any atom is -0.434 e. The molecule has 1 aliphatic heterocycles. The average Bonchev–Trinajstić information content (AvgIpc) is 2.75. The molecule has 2 heterocycles. The van der Waals surface area contributed by atoms with Gasteiger partial charge in [0.15, 0.2) is 5.96 Å². The summed E-state index contributed by atoms with van der Waals surface area (Å²) in [6, 6.07) is 10.8. The highest BCUT2D eigenvalue weighted by Gasteiger charge is 2.16. The van der Waals surface area contributed by atoms with Crippen LogP contribution < -0.4 is 20.3 Å². The maximum atomic E-state index is 12.6. The molecule has 1 saturated heterocycles. The number of aromatic nitrogens is 1. The first-order valence-corrected chi connectivity index (χ1v) is 10.2. The van der Waals surface area contributed by atoms with E-state index in [1.807, 2.05) is 6.20 Å². The highest BCUT2D eigenvalue weighted by molar-refractivity contribution is 5.79. The standard InChI is InChI=1S/C22H29F2N5O/c1-16-9-11-29(12-10-16)20-8-7-17(13-26-20)14-27-22(25-2)28-15-18-5-3-4-6-19(18)30-21(23)24/h3-8,13,16,21H,9-12,14-15H2,1-2H3,(H2,25,27,28). The van der Waals surface area contributed by atoms with Crippen molar-refractivity contribution in [3.05, 3.63) is 53.7 Å². The number of piperidine rings is 1. The second kappa shape index (κ2) is 10.8. The summed E-state index contributed by atoms with van der Waals surface area (Å²) in [7, 11) is 1.66. The van der Waals surface area contributed by atoms with Crippen LogP contribution in [-0.4, -0.2) is 37.7 Å². The van der Waals surface area contributed by atoms with Crippen LogP contribution in [-0.2, 0) is 13.1 Å². The van der Waals surface area contributed by atoms with Gasteiger partial charge in [-0.05, 0) is 36.5 Å². The molecule has 0 unspecified atom stereocenters. The number of anilines is 1. The van der Waals surface area contributed by atoms with Crippen LogP contribution in [0.3, 0.4) is 0 Å². The number of aliphatic imine (C=N–C) groups is 1. The van der Waals surface area contributed by atoms with E-state index in [2.05, 4.69) is 49.3 Å². The summed E-state index contributed by atoms with van der Waals surface area (Å²) in [5.41, 5.74) is 1.66. The molecule has 1 aliphatic rings. The normalized spacial score (nSPS) is 15.4. The lowest BCUT2D eigenvalue weighted by Gasteiger charge is -2.31. The van der Waals surface area contributed by atoms with E-state index in [1.165, 1.54) is 18.9 Å². The lowest BCUT2D eigenvalue weighted by Crippen LogP contribution is -2.36. The number of benzene rings is 1. The van der Waals surface area contributed by atoms with Crippen LogP contribution in [0.4, 0.5) is 14.6 Å². The molecule has 0 atom stereocenters. The van der Waals surface area contributed by atoms with Crippen LogP contribution in [0.25, 0.3) is 0 Å². The van der Waals surface area contributed by atoms with Gasteiger partial charge in [-0.15, -0.1) is 0 Å². The summed E-state index contributed by atoms with van der Waals surface area (Å²) in [6.45, 7) is 2.42. The predicted octanol–water partition coefficient (Wildman–Crippen LogP) is 3.78. The van der Waals surface area contributed by atoms with Gasteiger partial charge in [0.25, 0.3) is 0 Å². The number of pyridine rings is 1. The van der Waals surface area contributed by atoms with Gasteiger partial charge < -0.3 is 20.3 Å². The van der Waals surface area contributed by atoms with Crippen LogP contribution in [0, 0.1) is 5.92 Å². The second-order valence-electron chi connectivity index (χ2n) is 7.46. The first-order chi connectivity index (χ1) is 14.5. The van der Waals surface area contributed by atoms with Crippen molar-refractivity contribution in [1.82, 2.24) is 15.6 Å². The summed E-state index contributed by atoms with van der Waals surface area (Å²) in [4.78, 5) is 11.1. The SMILES string of the molecule is CN=C(NCc1ccc(N2CCC(C)CC2)nc1)NCc1ccccc1OC(F)F. The minimum absolute atomic E-state index is 0.155. The summed E-state index contributed by atoms with van der Waals surface area (Å²) in [6.07, 6.45) is 4.29. The molecule has 2 aromatic rings. The van der Waals surface area contributed by atoms with E-state index in [-0.39, 0.29) is 5.75 Å². The molecule has 1 fully saturated rings. The van der Waals surface area contributed by atoms with Crippen LogP contribution in [0.15, 0.2) is 47.6 Å². The Hall–Kier alpha value is -2.90. The quantitative estimate of drug-likeness (QED) is 0.530. The largest absolute Gasteiger partial charge is 0.434 e. The molecule has 0 radical (unpaired) electrons. The van der Waals surface area contributed by atoms with E-state index in [0.717, 1.165) is 30.4 Å². The van der Waals surface area contributed by atoms with Crippen molar-refractivity contribution < 1.29 is 13.5 Å². The molecule has 1 aromatic carbocycles. The maximum absolute atomic E-state index is 12.6. The lowest BCUT2D eigenvalue weighted by molar-refractivity contribution is -0.0504. The molecule has 0 saturated carbocycles. The number of para-hydroxylation sites is 1. The third-order valence-electron chi connectivity index (χ3n) is 5.24. The van der Waals surface area contributed by atoms with Gasteiger partial charge in [0.1, 0.15) is 11.6 Å². The molecule has 0 aliphatic carbocycles. The summed E-state index contributed by atoms with van der Waals surface area (Å²) in [5.74, 6) is 2.53.